The number of nitrogens with zero attached hydrogens (tertiary/aromatic N) is 3. The fraction of sp³-hybridized carbons (Fsp3) is 0.314. The van der Waals surface area contributed by atoms with E-state index < -0.39 is 64.9 Å². The van der Waals surface area contributed by atoms with Gasteiger partial charge in [0, 0.05) is 54.8 Å². The number of anilines is 5. The molecule has 2 amide bonds. The number of amides is 2. The molecule has 0 radical (unpaired) electrons. The summed E-state index contributed by atoms with van der Waals surface area (Å²) in [4.78, 5) is 36.5. The van der Waals surface area contributed by atoms with Crippen molar-refractivity contribution in [3.05, 3.63) is 84.1 Å². The Bertz CT molecular complexity index is 2110. The van der Waals surface area contributed by atoms with Crippen molar-refractivity contribution in [2.24, 2.45) is 0 Å². The third-order valence-electron chi connectivity index (χ3n) is 7.89. The molecule has 1 saturated heterocycles. The molecule has 5 rings (SSSR count). The van der Waals surface area contributed by atoms with Crippen molar-refractivity contribution in [1.29, 1.82) is 0 Å². The van der Waals surface area contributed by atoms with E-state index in [4.69, 9.17) is 9.47 Å². The predicted octanol–water partition coefficient (Wildman–Crippen LogP) is 8.28. The zero-order valence-corrected chi connectivity index (χ0v) is 32.0. The molecule has 3 aromatic carbocycles. The monoisotopic (exact) mass is 889 g/mol. The first-order valence-corrected chi connectivity index (χ1v) is 22.2. The number of aromatic nitrogens is 2. The standard InChI is InChI=1S/C35H37F5IN7O5S/c1-3-53-32(49)41-54(2,51)25-7-4-6-24(20-25)44-33-43-21-26(31(47-33)42-12-5-13-48-14-16-52-17-15-48)22-8-11-29(28(37)18-22)45-34(50)46-30-19-23(35(38,39)40)9-10-27(30)36/h4,6-11,18-21H,3,5,12-17H2,1-2H3,(H2,45,46,50)(H2,42,43,44,47). The molecule has 12 nitrogen and oxygen atoms in total. The number of morpholine rings is 1. The molecule has 4 aromatic rings. The molecule has 1 aliphatic heterocycles. The van der Waals surface area contributed by atoms with Gasteiger partial charge >= 0.3 is 16.2 Å². The van der Waals surface area contributed by atoms with Gasteiger partial charge in [0.2, 0.25) is 5.95 Å². The molecule has 0 saturated carbocycles. The van der Waals surface area contributed by atoms with E-state index in [1.807, 2.05) is 5.32 Å². The Morgan fingerprint density at radius 1 is 1.00 bits per heavy atom. The topological polar surface area (TPSA) is 147 Å². The lowest BCUT2D eigenvalue weighted by Crippen LogP contribution is -2.37. The minimum atomic E-state index is -4.77. The number of ether oxygens (including phenoxy) is 2. The van der Waals surface area contributed by atoms with E-state index in [1.54, 1.807) is 31.2 Å². The number of benzene rings is 3. The smallest absolute Gasteiger partial charge is 0.416 e. The van der Waals surface area contributed by atoms with Crippen LogP contribution in [0.3, 0.4) is 0 Å². The lowest BCUT2D eigenvalue weighted by Gasteiger charge is -2.26. The summed E-state index contributed by atoms with van der Waals surface area (Å²) in [6.45, 7) is 3.51. The van der Waals surface area contributed by atoms with E-state index in [1.165, 1.54) is 24.6 Å². The maximum Gasteiger partial charge on any atom is 0.416 e. The normalized spacial score (nSPS) is 14.5. The number of nitrogens with one attached hydrogen (secondary N) is 4. The third kappa shape index (κ3) is 11.3. The second kappa shape index (κ2) is 18.2. The second-order valence-corrected chi connectivity index (χ2v) is 21.2. The summed E-state index contributed by atoms with van der Waals surface area (Å²) in [5.41, 5.74) is -0.956. The van der Waals surface area contributed by atoms with Gasteiger partial charge in [-0.2, -0.15) is 18.2 Å². The summed E-state index contributed by atoms with van der Waals surface area (Å²) in [5, 5.41) is 10.6. The van der Waals surface area contributed by atoms with Gasteiger partial charge in [0.1, 0.15) is 17.5 Å². The molecule has 0 aliphatic carbocycles. The molecule has 1 aliphatic rings. The SMILES string of the molecule is CCOC(=O)I=S(C)(=O)c1cccc(Nc2ncc(-c3ccc(NC(=O)Nc4cc(C(F)(F)F)ccc4F)c(F)c3)c(NCCCN3CCOCC3)n2)c1. The van der Waals surface area contributed by atoms with Crippen molar-refractivity contribution in [1.82, 2.24) is 14.9 Å². The van der Waals surface area contributed by atoms with Crippen LogP contribution in [-0.4, -0.2) is 81.3 Å². The van der Waals surface area contributed by atoms with Crippen LogP contribution in [0.1, 0.15) is 18.9 Å². The first-order chi connectivity index (χ1) is 25.7. The summed E-state index contributed by atoms with van der Waals surface area (Å²) in [6.07, 6.45) is -1.01. The van der Waals surface area contributed by atoms with Crippen LogP contribution in [0.5, 0.6) is 0 Å². The zero-order valence-electron chi connectivity index (χ0n) is 29.1. The highest BCUT2D eigenvalue weighted by atomic mass is 127. The number of carbonyl (C=O) groups is 2. The first kappa shape index (κ1) is 40.7. The quantitative estimate of drug-likeness (QED) is 0.0448. The second-order valence-electron chi connectivity index (χ2n) is 11.8. The van der Waals surface area contributed by atoms with Crippen LogP contribution >= 0.6 is 19.3 Å². The van der Waals surface area contributed by atoms with Gasteiger partial charge in [0.15, 0.2) is 0 Å². The summed E-state index contributed by atoms with van der Waals surface area (Å²) in [7, 11) is 0. The Kier molecular flexibility index (Phi) is 13.8. The highest BCUT2D eigenvalue weighted by molar-refractivity contribution is 14.2. The van der Waals surface area contributed by atoms with E-state index in [-0.39, 0.29) is 18.2 Å². The van der Waals surface area contributed by atoms with Crippen LogP contribution in [0.2, 0.25) is 0 Å². The van der Waals surface area contributed by atoms with E-state index in [2.05, 4.69) is 30.8 Å². The van der Waals surface area contributed by atoms with Crippen molar-refractivity contribution in [3.63, 3.8) is 0 Å². The Morgan fingerprint density at radius 2 is 1.76 bits per heavy atom. The van der Waals surface area contributed by atoms with Gasteiger partial charge in [0.25, 0.3) is 0 Å². The highest BCUT2D eigenvalue weighted by Crippen LogP contribution is 2.33. The number of rotatable bonds is 13. The van der Waals surface area contributed by atoms with Crippen LogP contribution in [0.15, 0.2) is 71.8 Å². The van der Waals surface area contributed by atoms with Gasteiger partial charge in [-0.15, -0.1) is 0 Å². The molecule has 1 atom stereocenters. The Balaban J connectivity index is 1.36. The Labute approximate surface area is 316 Å². The van der Waals surface area contributed by atoms with Crippen LogP contribution in [-0.2, 0) is 22.2 Å². The molecule has 54 heavy (non-hydrogen) atoms. The van der Waals surface area contributed by atoms with Gasteiger partial charge in [0.05, 0.1) is 56.0 Å². The van der Waals surface area contributed by atoms with Crippen molar-refractivity contribution in [3.8, 4) is 11.1 Å². The summed E-state index contributed by atoms with van der Waals surface area (Å²) < 4.78 is 92.2. The summed E-state index contributed by atoms with van der Waals surface area (Å²) in [6, 6.07) is 11.0. The molecule has 290 valence electrons. The van der Waals surface area contributed by atoms with Gasteiger partial charge in [-0.05, 0) is 74.0 Å². The van der Waals surface area contributed by atoms with E-state index >= 15 is 4.39 Å². The minimum absolute atomic E-state index is 0.173. The van der Waals surface area contributed by atoms with Gasteiger partial charge in [-0.3, -0.25) is 9.11 Å². The van der Waals surface area contributed by atoms with Crippen LogP contribution in [0.4, 0.5) is 60.4 Å². The van der Waals surface area contributed by atoms with Gasteiger partial charge < -0.3 is 30.7 Å². The molecule has 0 spiro atoms. The molecule has 19 heteroatoms. The Morgan fingerprint density at radius 3 is 2.48 bits per heavy atom. The third-order valence-corrected chi connectivity index (χ3v) is 14.8. The molecule has 1 unspecified atom stereocenters. The van der Waals surface area contributed by atoms with Crippen LogP contribution < -0.4 is 21.3 Å². The maximum absolute atomic E-state index is 15.4. The fourth-order valence-electron chi connectivity index (χ4n) is 5.21. The van der Waals surface area contributed by atoms with E-state index in [0.29, 0.717) is 65.5 Å². The van der Waals surface area contributed by atoms with Crippen molar-refractivity contribution in [2.45, 2.75) is 24.4 Å². The molecule has 0 bridgehead atoms. The number of urea groups is 1. The van der Waals surface area contributed by atoms with E-state index in [9.17, 15) is 31.4 Å². The lowest BCUT2D eigenvalue weighted by molar-refractivity contribution is -0.137. The van der Waals surface area contributed by atoms with Gasteiger partial charge in [-0.25, -0.2) is 23.4 Å². The molecule has 4 N–H and O–H groups in total. The fourth-order valence-corrected chi connectivity index (χ4v) is 10.6. The lowest BCUT2D eigenvalue weighted by atomic mass is 10.1. The predicted molar refractivity (Wildman–Crippen MR) is 205 cm³/mol. The Hall–Kier alpha value is -4.47. The number of alkyl halides is 3. The molecular formula is C35H37F5IN7O5S. The number of carbonyl (C=O) groups excluding carboxylic acids is 2. The average molecular weight is 890 g/mol. The maximum atomic E-state index is 15.4. The van der Waals surface area contributed by atoms with Crippen molar-refractivity contribution < 1.29 is 45.2 Å². The van der Waals surface area contributed by atoms with Crippen LogP contribution in [0, 0.1) is 11.6 Å². The number of hydrogen-bond acceptors (Lipinski definition) is 10. The van der Waals surface area contributed by atoms with Crippen molar-refractivity contribution in [2.75, 3.05) is 73.5 Å². The minimum Gasteiger partial charge on any atom is -0.458 e. The summed E-state index contributed by atoms with van der Waals surface area (Å²) in [5.74, 6) is -1.47. The number of hydrogen-bond donors (Lipinski definition) is 4. The molecule has 1 aromatic heterocycles. The molecule has 1 fully saturated rings. The first-order valence-electron chi connectivity index (χ1n) is 16.6. The van der Waals surface area contributed by atoms with Crippen LogP contribution in [0.25, 0.3) is 11.1 Å². The van der Waals surface area contributed by atoms with E-state index in [0.717, 1.165) is 32.1 Å². The van der Waals surface area contributed by atoms with Gasteiger partial charge in [-0.1, -0.05) is 12.1 Å². The zero-order chi connectivity index (χ0) is 38.9. The largest absolute Gasteiger partial charge is 0.458 e. The average Bonchev–Trinajstić information content (AvgIpc) is 3.12. The molecular weight excluding hydrogens is 852 g/mol. The molecule has 2 heterocycles. The number of halogens is 6. The highest BCUT2D eigenvalue weighted by Gasteiger charge is 2.31. The summed E-state index contributed by atoms with van der Waals surface area (Å²) >= 11 is -1.44. The van der Waals surface area contributed by atoms with Crippen molar-refractivity contribution >= 4 is 64.7 Å².